The maximum Gasteiger partial charge on any atom is 0.325 e. The first kappa shape index (κ1) is 28.1. The van der Waals surface area contributed by atoms with Crippen LogP contribution in [-0.2, 0) is 33.5 Å². The maximum atomic E-state index is 13.7. The number of ketones is 3. The lowest BCUT2D eigenvalue weighted by Crippen LogP contribution is -2.61. The normalized spacial score (nSPS) is 36.7. The molecule has 3 saturated carbocycles. The molecule has 0 aliphatic heterocycles. The zero-order valence-electron chi connectivity index (χ0n) is 22.2. The topological polar surface area (TPSA) is 164 Å². The number of ether oxygens (including phenoxy) is 1. The lowest BCUT2D eigenvalue weighted by molar-refractivity contribution is -0.173. The van der Waals surface area contributed by atoms with Crippen LogP contribution in [0.2, 0.25) is 0 Å². The highest BCUT2D eigenvalue weighted by atomic mass is 16.5. The summed E-state index contributed by atoms with van der Waals surface area (Å²) in [6, 6.07) is -1.10. The number of carbonyl (C=O) groups is 6. The molecule has 4 aliphatic carbocycles. The average Bonchev–Trinajstić information content (AvgIpc) is 3.12. The molecule has 208 valence electrons. The second kappa shape index (κ2) is 10.0. The van der Waals surface area contributed by atoms with Crippen molar-refractivity contribution < 1.29 is 43.7 Å². The lowest BCUT2D eigenvalue weighted by Gasteiger charge is -2.57. The van der Waals surface area contributed by atoms with E-state index in [1.807, 2.05) is 0 Å². The highest BCUT2D eigenvalue weighted by Crippen LogP contribution is 2.66. The maximum absolute atomic E-state index is 13.7. The van der Waals surface area contributed by atoms with Gasteiger partial charge in [0.25, 0.3) is 0 Å². The van der Waals surface area contributed by atoms with E-state index >= 15 is 0 Å². The molecule has 7 atom stereocenters. The molecule has 10 nitrogen and oxygen atoms in total. The molecule has 0 aromatic rings. The van der Waals surface area contributed by atoms with E-state index in [2.05, 4.69) is 12.2 Å². The van der Waals surface area contributed by atoms with Gasteiger partial charge in [-0.15, -0.1) is 0 Å². The number of aliphatic carboxylic acids is 1. The van der Waals surface area contributed by atoms with Crippen LogP contribution in [0.1, 0.15) is 78.6 Å². The third-order valence-electron chi connectivity index (χ3n) is 9.94. The van der Waals surface area contributed by atoms with E-state index in [0.29, 0.717) is 19.3 Å². The minimum atomic E-state index is -1.81. The first-order chi connectivity index (χ1) is 17.7. The Balaban J connectivity index is 1.40. The van der Waals surface area contributed by atoms with E-state index in [0.717, 1.165) is 18.4 Å². The van der Waals surface area contributed by atoms with Crippen molar-refractivity contribution in [1.82, 2.24) is 5.32 Å². The first-order valence-corrected chi connectivity index (χ1v) is 13.4. The van der Waals surface area contributed by atoms with Gasteiger partial charge in [0.2, 0.25) is 11.7 Å². The second-order valence-corrected chi connectivity index (χ2v) is 12.0. The number of fused-ring (bicyclic) bond motifs is 5. The Morgan fingerprint density at radius 2 is 1.82 bits per heavy atom. The molecule has 4 rings (SSSR count). The van der Waals surface area contributed by atoms with Crippen LogP contribution in [0.15, 0.2) is 11.6 Å². The molecule has 0 aromatic heterocycles. The van der Waals surface area contributed by atoms with Gasteiger partial charge in [0, 0.05) is 30.6 Å². The van der Waals surface area contributed by atoms with Crippen LogP contribution < -0.4 is 5.32 Å². The summed E-state index contributed by atoms with van der Waals surface area (Å²) in [5.41, 5.74) is -2.12. The Labute approximate surface area is 221 Å². The Hall–Kier alpha value is -2.88. The van der Waals surface area contributed by atoms with Gasteiger partial charge >= 0.3 is 11.9 Å². The Morgan fingerprint density at radius 3 is 2.50 bits per heavy atom. The minimum Gasteiger partial charge on any atom is -0.480 e. The van der Waals surface area contributed by atoms with Crippen molar-refractivity contribution in [3.05, 3.63) is 11.6 Å². The average molecular weight is 532 g/mol. The first-order valence-electron chi connectivity index (χ1n) is 13.4. The summed E-state index contributed by atoms with van der Waals surface area (Å²) in [5.74, 6) is -3.47. The number of nitrogens with one attached hydrogen (secondary N) is 1. The van der Waals surface area contributed by atoms with Crippen molar-refractivity contribution in [2.75, 3.05) is 6.61 Å². The van der Waals surface area contributed by atoms with Crippen LogP contribution in [0.3, 0.4) is 0 Å². The van der Waals surface area contributed by atoms with E-state index in [4.69, 9.17) is 9.84 Å². The summed E-state index contributed by atoms with van der Waals surface area (Å²) in [5, 5.41) is 22.7. The highest BCUT2D eigenvalue weighted by Gasteiger charge is 2.68. The third kappa shape index (κ3) is 4.61. The summed E-state index contributed by atoms with van der Waals surface area (Å²) in [6.45, 7) is 4.51. The van der Waals surface area contributed by atoms with Gasteiger partial charge in [0.1, 0.15) is 17.4 Å². The molecular formula is C28H37NO9. The molecule has 3 fully saturated rings. The van der Waals surface area contributed by atoms with Crippen molar-refractivity contribution in [3.8, 4) is 0 Å². The van der Waals surface area contributed by atoms with Gasteiger partial charge < -0.3 is 20.3 Å². The van der Waals surface area contributed by atoms with Crippen molar-refractivity contribution in [2.24, 2.45) is 28.6 Å². The molecule has 1 amide bonds. The van der Waals surface area contributed by atoms with Crippen molar-refractivity contribution in [1.29, 1.82) is 0 Å². The number of Topliss-reactive ketones (excluding diaryl/α,β-unsaturated/α-hetero) is 2. The van der Waals surface area contributed by atoms with Gasteiger partial charge in [-0.3, -0.25) is 28.8 Å². The number of carboxylic acid groups (broad SMARTS) is 1. The standard InChI is InChI=1S/C28H37NO9/c1-15(25(35)36)29-22(33)6-7-23(34)38-14-21(32)28(37)11-9-19-18-5-4-16-12-17(30)8-10-26(16,2)24(18)20(31)13-27(19,28)3/h12,15,18-19,24,37H,4-11,13-14H2,1-3H3,(H,29,33)(H,35,36)/t15-,18-,19-,24+,26-,27-,28-/m0/s1. The van der Waals surface area contributed by atoms with Crippen LogP contribution in [0, 0.1) is 28.6 Å². The SMILES string of the molecule is C[C@H](NC(=O)CCC(=O)OCC(=O)[C@@]1(O)CC[C@H]2[C@@H]3CCC4=CC(=O)CC[C@]4(C)[C@H]3C(=O)C[C@@]21C)C(=O)O. The molecule has 0 aromatic carbocycles. The molecule has 4 aliphatic rings. The zero-order chi connectivity index (χ0) is 28.0. The number of allylic oxidation sites excluding steroid dienone is 1. The summed E-state index contributed by atoms with van der Waals surface area (Å²) >= 11 is 0. The van der Waals surface area contributed by atoms with E-state index in [1.165, 1.54) is 6.92 Å². The molecule has 38 heavy (non-hydrogen) atoms. The fourth-order valence-electron chi connectivity index (χ4n) is 7.77. The molecule has 0 saturated heterocycles. The van der Waals surface area contributed by atoms with Crippen LogP contribution in [0.5, 0.6) is 0 Å². The van der Waals surface area contributed by atoms with Crippen LogP contribution >= 0.6 is 0 Å². The minimum absolute atomic E-state index is 0.00711. The van der Waals surface area contributed by atoms with E-state index < -0.39 is 47.3 Å². The molecular weight excluding hydrogens is 494 g/mol. The van der Waals surface area contributed by atoms with Crippen molar-refractivity contribution >= 4 is 35.2 Å². The molecule has 0 radical (unpaired) electrons. The third-order valence-corrected chi connectivity index (χ3v) is 9.94. The molecule has 10 heteroatoms. The summed E-state index contributed by atoms with van der Waals surface area (Å²) < 4.78 is 5.07. The quantitative estimate of drug-likeness (QED) is 0.397. The Bertz CT molecular complexity index is 1110. The number of aliphatic hydroxyl groups is 1. The van der Waals surface area contributed by atoms with E-state index in [1.54, 1.807) is 13.0 Å². The van der Waals surface area contributed by atoms with Crippen LogP contribution in [0.4, 0.5) is 0 Å². The van der Waals surface area contributed by atoms with Gasteiger partial charge in [-0.1, -0.05) is 19.4 Å². The highest BCUT2D eigenvalue weighted by molar-refractivity contribution is 5.95. The number of hydrogen-bond donors (Lipinski definition) is 3. The number of amides is 1. The van der Waals surface area contributed by atoms with Crippen molar-refractivity contribution in [3.63, 3.8) is 0 Å². The summed E-state index contributed by atoms with van der Waals surface area (Å²) in [7, 11) is 0. The second-order valence-electron chi connectivity index (χ2n) is 12.0. The van der Waals surface area contributed by atoms with E-state index in [9.17, 15) is 33.9 Å². The molecule has 0 spiro atoms. The van der Waals surface area contributed by atoms with Gasteiger partial charge in [-0.2, -0.15) is 0 Å². The predicted octanol–water partition coefficient (Wildman–Crippen LogP) is 1.91. The predicted molar refractivity (Wildman–Crippen MR) is 132 cm³/mol. The fourth-order valence-corrected chi connectivity index (χ4v) is 7.77. The number of carbonyl (C=O) groups excluding carboxylic acids is 5. The molecule has 0 heterocycles. The molecule has 0 bridgehead atoms. The largest absolute Gasteiger partial charge is 0.480 e. The van der Waals surface area contributed by atoms with Gasteiger partial charge in [0.05, 0.1) is 6.42 Å². The smallest absolute Gasteiger partial charge is 0.325 e. The Kier molecular flexibility index (Phi) is 7.42. The van der Waals surface area contributed by atoms with Gasteiger partial charge in [-0.05, 0) is 62.4 Å². The van der Waals surface area contributed by atoms with Crippen LogP contribution in [-0.4, -0.2) is 63.7 Å². The van der Waals surface area contributed by atoms with E-state index in [-0.39, 0.29) is 60.4 Å². The monoisotopic (exact) mass is 531 g/mol. The molecule has 0 unspecified atom stereocenters. The summed E-state index contributed by atoms with van der Waals surface area (Å²) in [6.07, 6.45) is 4.40. The zero-order valence-corrected chi connectivity index (χ0v) is 22.2. The van der Waals surface area contributed by atoms with Crippen molar-refractivity contribution in [2.45, 2.75) is 90.2 Å². The number of rotatable bonds is 8. The number of esters is 1. The molecule has 3 N–H and O–H groups in total. The Morgan fingerprint density at radius 1 is 1.11 bits per heavy atom. The van der Waals surface area contributed by atoms with Crippen LogP contribution in [0.25, 0.3) is 0 Å². The lowest BCUT2D eigenvalue weighted by atomic mass is 9.46. The van der Waals surface area contributed by atoms with Gasteiger partial charge in [0.15, 0.2) is 12.4 Å². The fraction of sp³-hybridized carbons (Fsp3) is 0.714. The van der Waals surface area contributed by atoms with Gasteiger partial charge in [-0.25, -0.2) is 0 Å². The summed E-state index contributed by atoms with van der Waals surface area (Å²) in [4.78, 5) is 73.7. The number of carboxylic acids is 1. The number of hydrogen-bond acceptors (Lipinski definition) is 8.